The molecule has 21 heavy (non-hydrogen) atoms. The van der Waals surface area contributed by atoms with Crippen molar-refractivity contribution in [1.29, 1.82) is 0 Å². The summed E-state index contributed by atoms with van der Waals surface area (Å²) in [6.07, 6.45) is 1.96. The molecule has 1 N–H and O–H groups in total. The fourth-order valence-corrected chi connectivity index (χ4v) is 2.83. The van der Waals surface area contributed by atoms with E-state index in [9.17, 15) is 9.90 Å². The van der Waals surface area contributed by atoms with Gasteiger partial charge in [0, 0.05) is 19.5 Å². The standard InChI is InChI=1S/C18H19NO2/c20-17-8-4-3-6-15(17)9-10-18(21)19-12-11-14-5-1-2-7-16(14)13-19/h1-8,20H,9-13H2. The van der Waals surface area contributed by atoms with Gasteiger partial charge in [-0.1, -0.05) is 42.5 Å². The fraction of sp³-hybridized carbons (Fsp3) is 0.278. The third-order valence-electron chi connectivity index (χ3n) is 4.08. The van der Waals surface area contributed by atoms with Crippen molar-refractivity contribution in [3.8, 4) is 5.75 Å². The van der Waals surface area contributed by atoms with Gasteiger partial charge in [-0.15, -0.1) is 0 Å². The number of carbonyl (C=O) groups is 1. The zero-order valence-corrected chi connectivity index (χ0v) is 12.0. The Labute approximate surface area is 124 Å². The Kier molecular flexibility index (Phi) is 3.91. The Morgan fingerprint density at radius 3 is 2.57 bits per heavy atom. The molecule has 2 aromatic rings. The second-order valence-corrected chi connectivity index (χ2v) is 5.46. The van der Waals surface area contributed by atoms with Crippen LogP contribution in [-0.4, -0.2) is 22.5 Å². The number of aryl methyl sites for hydroxylation is 1. The number of hydrogen-bond acceptors (Lipinski definition) is 2. The number of para-hydroxylation sites is 1. The van der Waals surface area contributed by atoms with E-state index in [4.69, 9.17) is 0 Å². The molecule has 0 spiro atoms. The second kappa shape index (κ2) is 6.00. The lowest BCUT2D eigenvalue weighted by Gasteiger charge is -2.29. The van der Waals surface area contributed by atoms with Crippen LogP contribution in [0.1, 0.15) is 23.1 Å². The monoisotopic (exact) mass is 281 g/mol. The molecule has 0 fully saturated rings. The zero-order chi connectivity index (χ0) is 14.7. The number of amides is 1. The molecule has 1 aliphatic rings. The van der Waals surface area contributed by atoms with Crippen LogP contribution < -0.4 is 0 Å². The van der Waals surface area contributed by atoms with Gasteiger partial charge in [-0.05, 0) is 35.6 Å². The molecule has 108 valence electrons. The smallest absolute Gasteiger partial charge is 0.223 e. The first-order valence-corrected chi connectivity index (χ1v) is 7.35. The maximum absolute atomic E-state index is 12.3. The normalized spacial score (nSPS) is 13.8. The molecule has 0 radical (unpaired) electrons. The summed E-state index contributed by atoms with van der Waals surface area (Å²) < 4.78 is 0. The number of carbonyl (C=O) groups excluding carboxylic acids is 1. The summed E-state index contributed by atoms with van der Waals surface area (Å²) in [5.74, 6) is 0.432. The number of nitrogens with zero attached hydrogens (tertiary/aromatic N) is 1. The predicted molar refractivity (Wildman–Crippen MR) is 82.0 cm³/mol. The first-order chi connectivity index (χ1) is 10.2. The number of phenols is 1. The number of aromatic hydroxyl groups is 1. The highest BCUT2D eigenvalue weighted by Crippen LogP contribution is 2.21. The number of phenolic OH excluding ortho intramolecular Hbond substituents is 1. The van der Waals surface area contributed by atoms with Gasteiger partial charge in [-0.2, -0.15) is 0 Å². The molecule has 3 rings (SSSR count). The lowest BCUT2D eigenvalue weighted by Crippen LogP contribution is -2.36. The maximum Gasteiger partial charge on any atom is 0.223 e. The van der Waals surface area contributed by atoms with Crippen LogP contribution in [0.3, 0.4) is 0 Å². The first-order valence-electron chi connectivity index (χ1n) is 7.35. The highest BCUT2D eigenvalue weighted by molar-refractivity contribution is 5.77. The molecular formula is C18H19NO2. The van der Waals surface area contributed by atoms with E-state index in [1.165, 1.54) is 11.1 Å². The van der Waals surface area contributed by atoms with E-state index in [0.717, 1.165) is 18.5 Å². The second-order valence-electron chi connectivity index (χ2n) is 5.46. The van der Waals surface area contributed by atoms with Gasteiger partial charge in [-0.3, -0.25) is 4.79 Å². The van der Waals surface area contributed by atoms with Gasteiger partial charge in [0.25, 0.3) is 0 Å². The molecule has 0 bridgehead atoms. The molecule has 1 amide bonds. The van der Waals surface area contributed by atoms with Crippen molar-refractivity contribution in [3.63, 3.8) is 0 Å². The lowest BCUT2D eigenvalue weighted by molar-refractivity contribution is -0.132. The molecule has 0 saturated heterocycles. The van der Waals surface area contributed by atoms with Crippen LogP contribution >= 0.6 is 0 Å². The molecule has 2 aromatic carbocycles. The number of benzene rings is 2. The molecule has 1 aliphatic heterocycles. The molecule has 3 heteroatoms. The summed E-state index contributed by atoms with van der Waals surface area (Å²) in [5.41, 5.74) is 3.44. The molecular weight excluding hydrogens is 262 g/mol. The van der Waals surface area contributed by atoms with Gasteiger partial charge in [0.1, 0.15) is 5.75 Å². The average Bonchev–Trinajstić information content (AvgIpc) is 2.53. The minimum absolute atomic E-state index is 0.160. The summed E-state index contributed by atoms with van der Waals surface area (Å²) in [7, 11) is 0. The van der Waals surface area contributed by atoms with E-state index in [0.29, 0.717) is 19.4 Å². The third kappa shape index (κ3) is 3.07. The van der Waals surface area contributed by atoms with Crippen molar-refractivity contribution in [2.24, 2.45) is 0 Å². The molecule has 3 nitrogen and oxygen atoms in total. The van der Waals surface area contributed by atoms with Crippen molar-refractivity contribution in [3.05, 3.63) is 65.2 Å². The summed E-state index contributed by atoms with van der Waals surface area (Å²) in [6.45, 7) is 1.49. The van der Waals surface area contributed by atoms with Crippen molar-refractivity contribution in [2.75, 3.05) is 6.54 Å². The Morgan fingerprint density at radius 1 is 1.05 bits per heavy atom. The number of fused-ring (bicyclic) bond motifs is 1. The molecule has 0 saturated carbocycles. The number of hydrogen-bond donors (Lipinski definition) is 1. The van der Waals surface area contributed by atoms with Crippen LogP contribution in [0, 0.1) is 0 Å². The van der Waals surface area contributed by atoms with Crippen LogP contribution in [-0.2, 0) is 24.2 Å². The van der Waals surface area contributed by atoms with Crippen LogP contribution in [0.25, 0.3) is 0 Å². The van der Waals surface area contributed by atoms with E-state index in [1.54, 1.807) is 12.1 Å². The van der Waals surface area contributed by atoms with Gasteiger partial charge in [-0.25, -0.2) is 0 Å². The van der Waals surface area contributed by atoms with Gasteiger partial charge >= 0.3 is 0 Å². The van der Waals surface area contributed by atoms with Crippen LogP contribution in [0.2, 0.25) is 0 Å². The van der Waals surface area contributed by atoms with Crippen LogP contribution in [0.4, 0.5) is 0 Å². The highest BCUT2D eigenvalue weighted by atomic mass is 16.3. The average molecular weight is 281 g/mol. The van der Waals surface area contributed by atoms with Gasteiger partial charge in [0.05, 0.1) is 0 Å². The van der Waals surface area contributed by atoms with E-state index >= 15 is 0 Å². The largest absolute Gasteiger partial charge is 0.508 e. The van der Waals surface area contributed by atoms with Crippen LogP contribution in [0.15, 0.2) is 48.5 Å². The zero-order valence-electron chi connectivity index (χ0n) is 12.0. The summed E-state index contributed by atoms with van der Waals surface area (Å²) in [6, 6.07) is 15.5. The highest BCUT2D eigenvalue weighted by Gasteiger charge is 2.20. The molecule has 1 heterocycles. The number of rotatable bonds is 3. The van der Waals surface area contributed by atoms with E-state index in [2.05, 4.69) is 18.2 Å². The van der Waals surface area contributed by atoms with E-state index in [-0.39, 0.29) is 11.7 Å². The van der Waals surface area contributed by atoms with E-state index in [1.807, 2.05) is 23.1 Å². The minimum Gasteiger partial charge on any atom is -0.508 e. The lowest BCUT2D eigenvalue weighted by atomic mass is 9.99. The van der Waals surface area contributed by atoms with Gasteiger partial charge in [0.2, 0.25) is 5.91 Å². The van der Waals surface area contributed by atoms with Crippen molar-refractivity contribution in [1.82, 2.24) is 4.90 Å². The van der Waals surface area contributed by atoms with Crippen molar-refractivity contribution < 1.29 is 9.90 Å². The van der Waals surface area contributed by atoms with Gasteiger partial charge in [0.15, 0.2) is 0 Å². The Hall–Kier alpha value is -2.29. The topological polar surface area (TPSA) is 40.5 Å². The van der Waals surface area contributed by atoms with Crippen LogP contribution in [0.5, 0.6) is 5.75 Å². The fourth-order valence-electron chi connectivity index (χ4n) is 2.83. The summed E-state index contributed by atoms with van der Waals surface area (Å²) >= 11 is 0. The molecule has 0 aliphatic carbocycles. The first kappa shape index (κ1) is 13.7. The Balaban J connectivity index is 1.61. The van der Waals surface area contributed by atoms with E-state index < -0.39 is 0 Å². The molecule has 0 aromatic heterocycles. The maximum atomic E-state index is 12.3. The predicted octanol–water partition coefficient (Wildman–Crippen LogP) is 2.91. The summed E-state index contributed by atoms with van der Waals surface area (Å²) in [4.78, 5) is 14.3. The molecule has 0 atom stereocenters. The summed E-state index contributed by atoms with van der Waals surface area (Å²) in [5, 5.41) is 9.74. The SMILES string of the molecule is O=C(CCc1ccccc1O)N1CCc2ccccc2C1. The Morgan fingerprint density at radius 2 is 1.76 bits per heavy atom. The molecule has 0 unspecified atom stereocenters. The van der Waals surface area contributed by atoms with Crippen molar-refractivity contribution >= 4 is 5.91 Å². The minimum atomic E-state index is 0.160. The quantitative estimate of drug-likeness (QED) is 0.939. The van der Waals surface area contributed by atoms with Gasteiger partial charge < -0.3 is 10.0 Å². The third-order valence-corrected chi connectivity index (χ3v) is 4.08. The Bertz CT molecular complexity index is 651. The van der Waals surface area contributed by atoms with Crippen molar-refractivity contribution in [2.45, 2.75) is 25.8 Å².